The second kappa shape index (κ2) is 6.56. The first kappa shape index (κ1) is 17.2. The average molecular weight is 323 g/mol. The first-order valence-corrected chi connectivity index (χ1v) is 7.46. The van der Waals surface area contributed by atoms with E-state index in [0.717, 1.165) is 11.8 Å². The Hall–Kier alpha value is -2.11. The maximum absolute atomic E-state index is 14.1. The maximum atomic E-state index is 14.1. The predicted molar refractivity (Wildman–Crippen MR) is 85.2 cm³/mol. The fraction of sp³-hybridized carbons (Fsp3) is 0.412. The second-order valence-electron chi connectivity index (χ2n) is 6.34. The number of ether oxygens (including phenoxy) is 1. The molecule has 0 spiro atoms. The lowest BCUT2D eigenvalue weighted by molar-refractivity contribution is 0.0528. The van der Waals surface area contributed by atoms with Crippen LogP contribution in [0.3, 0.4) is 0 Å². The molecule has 0 fully saturated rings. The summed E-state index contributed by atoms with van der Waals surface area (Å²) in [6.45, 7) is 9.15. The van der Waals surface area contributed by atoms with Gasteiger partial charge in [0.05, 0.1) is 5.52 Å². The van der Waals surface area contributed by atoms with Crippen LogP contribution >= 0.6 is 0 Å². The zero-order valence-corrected chi connectivity index (χ0v) is 13.6. The van der Waals surface area contributed by atoms with Crippen molar-refractivity contribution in [1.82, 2.24) is 10.3 Å². The van der Waals surface area contributed by atoms with Crippen molar-refractivity contribution in [2.75, 3.05) is 6.54 Å². The smallest absolute Gasteiger partial charge is 0.407 e. The van der Waals surface area contributed by atoms with Gasteiger partial charge in [-0.15, -0.1) is 0 Å². The number of H-pyrrole nitrogens is 1. The molecule has 0 unspecified atom stereocenters. The van der Waals surface area contributed by atoms with E-state index in [1.165, 1.54) is 0 Å². The van der Waals surface area contributed by atoms with E-state index in [2.05, 4.69) is 17.2 Å². The highest BCUT2D eigenvalue weighted by atomic mass is 19.2. The fourth-order valence-electron chi connectivity index (χ4n) is 2.32. The van der Waals surface area contributed by atoms with Gasteiger partial charge in [-0.2, -0.15) is 0 Å². The van der Waals surface area contributed by atoms with Crippen LogP contribution in [0.1, 0.15) is 32.0 Å². The first-order valence-electron chi connectivity index (χ1n) is 7.46. The molecule has 1 heterocycles. The second-order valence-corrected chi connectivity index (χ2v) is 6.34. The van der Waals surface area contributed by atoms with E-state index in [-0.39, 0.29) is 18.5 Å². The number of alkyl carbamates (subject to hydrolysis) is 1. The normalized spacial score (nSPS) is 11.7. The molecule has 2 aromatic rings. The minimum atomic E-state index is -0.903. The standard InChI is InChI=1S/C17H21F2N2O2/c1-5-11-8-10-9-13(18)14(19)12(15(10)21-11)6-7-20-16(22)23-17(2,3)4/h8-9,21H,1,5-7H2,2-4H3,(H,20,22). The number of fused-ring (bicyclic) bond motifs is 1. The Morgan fingerprint density at radius 2 is 2.04 bits per heavy atom. The Kier molecular flexibility index (Phi) is 4.92. The van der Waals surface area contributed by atoms with Crippen LogP contribution in [0.5, 0.6) is 0 Å². The van der Waals surface area contributed by atoms with Crippen molar-refractivity contribution in [3.63, 3.8) is 0 Å². The van der Waals surface area contributed by atoms with Gasteiger partial charge in [0.2, 0.25) is 0 Å². The highest BCUT2D eigenvalue weighted by Gasteiger charge is 2.18. The molecule has 0 saturated heterocycles. The van der Waals surface area contributed by atoms with Crippen LogP contribution in [-0.2, 0) is 17.6 Å². The van der Waals surface area contributed by atoms with Crippen LogP contribution in [0.4, 0.5) is 13.6 Å². The minimum absolute atomic E-state index is 0.142. The number of benzene rings is 1. The number of carbonyl (C=O) groups is 1. The van der Waals surface area contributed by atoms with E-state index in [1.54, 1.807) is 26.8 Å². The van der Waals surface area contributed by atoms with Crippen molar-refractivity contribution in [2.24, 2.45) is 0 Å². The van der Waals surface area contributed by atoms with Crippen LogP contribution in [0.25, 0.3) is 10.9 Å². The van der Waals surface area contributed by atoms with Gasteiger partial charge in [0.1, 0.15) is 5.60 Å². The molecule has 1 aromatic heterocycles. The topological polar surface area (TPSA) is 54.1 Å². The summed E-state index contributed by atoms with van der Waals surface area (Å²) in [7, 11) is 0. The van der Waals surface area contributed by atoms with Gasteiger partial charge in [0.15, 0.2) is 11.6 Å². The van der Waals surface area contributed by atoms with E-state index >= 15 is 0 Å². The molecule has 1 radical (unpaired) electrons. The van der Waals surface area contributed by atoms with Crippen LogP contribution in [0.15, 0.2) is 12.1 Å². The quantitative estimate of drug-likeness (QED) is 0.897. The highest BCUT2D eigenvalue weighted by molar-refractivity contribution is 5.84. The largest absolute Gasteiger partial charge is 0.444 e. The molecule has 1 aromatic carbocycles. The Morgan fingerprint density at radius 3 is 2.65 bits per heavy atom. The summed E-state index contributed by atoms with van der Waals surface area (Å²) in [5.41, 5.74) is 0.930. The predicted octanol–water partition coefficient (Wildman–Crippen LogP) is 3.89. The van der Waals surface area contributed by atoms with Gasteiger partial charge in [-0.1, -0.05) is 0 Å². The Balaban J connectivity index is 2.14. The highest BCUT2D eigenvalue weighted by Crippen LogP contribution is 2.25. The summed E-state index contributed by atoms with van der Waals surface area (Å²) in [5, 5.41) is 3.14. The Labute approximate surface area is 134 Å². The molecule has 0 aliphatic carbocycles. The van der Waals surface area contributed by atoms with E-state index in [1.807, 2.05) is 0 Å². The van der Waals surface area contributed by atoms with Gasteiger partial charge in [-0.3, -0.25) is 0 Å². The number of hydrogen-bond acceptors (Lipinski definition) is 2. The molecule has 2 N–H and O–H groups in total. The summed E-state index contributed by atoms with van der Waals surface area (Å²) < 4.78 is 32.9. The van der Waals surface area contributed by atoms with Crippen molar-refractivity contribution in [3.05, 3.63) is 41.9 Å². The molecule has 2 rings (SSSR count). The molecular formula is C17H21F2N2O2. The van der Waals surface area contributed by atoms with Crippen molar-refractivity contribution in [1.29, 1.82) is 0 Å². The summed E-state index contributed by atoms with van der Waals surface area (Å²) >= 11 is 0. The van der Waals surface area contributed by atoms with Crippen molar-refractivity contribution < 1.29 is 18.3 Å². The van der Waals surface area contributed by atoms with Crippen molar-refractivity contribution in [3.8, 4) is 0 Å². The van der Waals surface area contributed by atoms with Crippen LogP contribution < -0.4 is 5.32 Å². The molecule has 0 saturated carbocycles. The zero-order chi connectivity index (χ0) is 17.2. The summed E-state index contributed by atoms with van der Waals surface area (Å²) in [6, 6.07) is 2.90. The number of amides is 1. The lowest BCUT2D eigenvalue weighted by Gasteiger charge is -2.19. The molecular weight excluding hydrogens is 302 g/mol. The number of rotatable bonds is 4. The third-order valence-corrected chi connectivity index (χ3v) is 3.28. The molecule has 0 bridgehead atoms. The van der Waals surface area contributed by atoms with Crippen molar-refractivity contribution in [2.45, 2.75) is 39.2 Å². The van der Waals surface area contributed by atoms with Crippen LogP contribution in [0, 0.1) is 18.6 Å². The van der Waals surface area contributed by atoms with Gasteiger partial charge in [0.25, 0.3) is 0 Å². The Bertz CT molecular complexity index is 717. The molecule has 0 aliphatic rings. The van der Waals surface area contributed by atoms with E-state index in [0.29, 0.717) is 17.3 Å². The average Bonchev–Trinajstić information content (AvgIpc) is 2.83. The number of aromatic amines is 1. The van der Waals surface area contributed by atoms with Gasteiger partial charge in [0, 0.05) is 23.2 Å². The summed E-state index contributed by atoms with van der Waals surface area (Å²) in [6.07, 6.45) is 0.0553. The molecule has 6 heteroatoms. The van der Waals surface area contributed by atoms with Crippen LogP contribution in [-0.4, -0.2) is 23.2 Å². The molecule has 23 heavy (non-hydrogen) atoms. The van der Waals surface area contributed by atoms with Crippen molar-refractivity contribution >= 4 is 17.0 Å². The summed E-state index contributed by atoms with van der Waals surface area (Å²) in [5.74, 6) is -1.81. The number of hydrogen-bond donors (Lipinski definition) is 2. The zero-order valence-electron chi connectivity index (χ0n) is 13.6. The number of carbonyl (C=O) groups excluding carboxylic acids is 1. The van der Waals surface area contributed by atoms with E-state index in [4.69, 9.17) is 4.74 Å². The molecule has 0 atom stereocenters. The third kappa shape index (κ3) is 4.21. The fourth-order valence-corrected chi connectivity index (χ4v) is 2.32. The monoisotopic (exact) mass is 323 g/mol. The lowest BCUT2D eigenvalue weighted by atomic mass is 10.1. The third-order valence-electron chi connectivity index (χ3n) is 3.28. The molecule has 1 amide bonds. The van der Waals surface area contributed by atoms with E-state index < -0.39 is 23.3 Å². The van der Waals surface area contributed by atoms with Crippen LogP contribution in [0.2, 0.25) is 0 Å². The summed E-state index contributed by atoms with van der Waals surface area (Å²) in [4.78, 5) is 14.6. The first-order chi connectivity index (χ1) is 10.7. The lowest BCUT2D eigenvalue weighted by Crippen LogP contribution is -2.33. The minimum Gasteiger partial charge on any atom is -0.444 e. The van der Waals surface area contributed by atoms with E-state index in [9.17, 15) is 13.6 Å². The SMILES string of the molecule is [CH2]Cc1cc2cc(F)c(F)c(CCNC(=O)OC(C)(C)C)c2[nH]1. The van der Waals surface area contributed by atoms with Gasteiger partial charge < -0.3 is 15.0 Å². The van der Waals surface area contributed by atoms with Gasteiger partial charge in [-0.25, -0.2) is 13.6 Å². The number of nitrogens with one attached hydrogen (secondary N) is 2. The number of halogens is 2. The Morgan fingerprint density at radius 1 is 1.35 bits per heavy atom. The maximum Gasteiger partial charge on any atom is 0.407 e. The molecule has 0 aliphatic heterocycles. The van der Waals surface area contributed by atoms with Gasteiger partial charge >= 0.3 is 6.09 Å². The van der Waals surface area contributed by atoms with Gasteiger partial charge in [-0.05, 0) is 52.7 Å². The number of aromatic nitrogens is 1. The molecule has 4 nitrogen and oxygen atoms in total. The molecule has 125 valence electrons.